The summed E-state index contributed by atoms with van der Waals surface area (Å²) in [5.41, 5.74) is 43.2. The molecule has 0 aliphatic heterocycles. The summed E-state index contributed by atoms with van der Waals surface area (Å²) in [6.07, 6.45) is -14.5. The number of carboxylic acid groups (broad SMARTS) is 8. The number of nitrogens with one attached hydrogen (secondary N) is 18. The van der Waals surface area contributed by atoms with Crippen LogP contribution in [0.4, 0.5) is 0 Å². The number of carbonyl (C=O) groups is 29. The number of carbonyl (C=O) groups excluding carboxylic acids is 21. The number of amides is 21. The molecule has 43 N–H and O–H groups in total. The first kappa shape index (κ1) is 132. The van der Waals surface area contributed by atoms with E-state index in [-0.39, 0.29) is 45.2 Å². The molecule has 0 saturated heterocycles. The molecular formula is C84H136N26O38. The van der Waals surface area contributed by atoms with Crippen LogP contribution in [0.1, 0.15) is 183 Å². The van der Waals surface area contributed by atoms with E-state index in [1.807, 2.05) is 21.3 Å². The second-order valence-electron chi connectivity index (χ2n) is 34.9. The van der Waals surface area contributed by atoms with Gasteiger partial charge in [0.25, 0.3) is 0 Å². The molecular weight excluding hydrogens is 1980 g/mol. The normalized spacial score (nSPS) is 14.5. The Labute approximate surface area is 843 Å². The SMILES string of the molecule is CCC(C)[C@H](NC(=O)[C@H](CC(C)C)NC(=O)[C@H](CC(C(=O)O)C(=O)O)NC(=O)[C@H](CCC(N)=O)NC(=O)[C@H](CC(N)=O)NC(=O)[C@H](C)NC(=O)[C@H](CCC(N)=O)NC(=O)[C@H](CC(C)C)NC(=O)[C@H](CC(C(=O)O)C(=O)O)NC(=O)[C@H](CC(C(=O)O)C(=O)O)NC(=O)[C@H](CCC(=O)O)NC(=O)CN)C(=O)N[C@@H](CCCNC(=N)N)C(=O)N[C@@H](CCC(=O)O)C(=O)N[C@@H](CCCCN)C(=O)N[C@@H](CO)C(=O)N[C@@H](CC(N)=O)C(N)=O. The predicted molar refractivity (Wildman–Crippen MR) is 501 cm³/mol. The third-order valence-corrected chi connectivity index (χ3v) is 21.8. The Morgan fingerprint density at radius 2 is 0.554 bits per heavy atom. The fourth-order valence-electron chi connectivity index (χ4n) is 13.6. The molecule has 0 radical (unpaired) electrons. The molecule has 0 spiro atoms. The zero-order chi connectivity index (χ0) is 114. The molecule has 64 heteroatoms. The predicted octanol–water partition coefficient (Wildman–Crippen LogP) is -14.7. The Kier molecular flexibility index (Phi) is 59.4. The van der Waals surface area contributed by atoms with Gasteiger partial charge in [-0.15, -0.1) is 0 Å². The van der Waals surface area contributed by atoms with Gasteiger partial charge in [0.1, 0.15) is 96.7 Å². The van der Waals surface area contributed by atoms with Crippen LogP contribution in [-0.4, -0.2) is 347 Å². The second-order valence-corrected chi connectivity index (χ2v) is 34.9. The zero-order valence-electron chi connectivity index (χ0n) is 81.9. The highest BCUT2D eigenvalue weighted by Crippen LogP contribution is 2.20. The first-order chi connectivity index (χ1) is 68.9. The first-order valence-corrected chi connectivity index (χ1v) is 46.0. The summed E-state index contributed by atoms with van der Waals surface area (Å²) in [4.78, 5) is 386. The van der Waals surface area contributed by atoms with Crippen molar-refractivity contribution in [3.8, 4) is 0 Å². The van der Waals surface area contributed by atoms with Gasteiger partial charge in [0.15, 0.2) is 23.7 Å². The van der Waals surface area contributed by atoms with E-state index in [1.54, 1.807) is 0 Å². The highest BCUT2D eigenvalue weighted by atomic mass is 16.4. The minimum Gasteiger partial charge on any atom is -0.481 e. The highest BCUT2D eigenvalue weighted by Gasteiger charge is 2.45. The van der Waals surface area contributed by atoms with Gasteiger partial charge in [-0.05, 0) is 102 Å². The molecule has 0 aliphatic carbocycles. The Bertz CT molecular complexity index is 4750. The fraction of sp³-hybridized carbons (Fsp3) is 0.643. The molecule has 0 aromatic heterocycles. The molecule has 0 saturated carbocycles. The summed E-state index contributed by atoms with van der Waals surface area (Å²) >= 11 is 0. The lowest BCUT2D eigenvalue weighted by molar-refractivity contribution is -0.158. The molecule has 17 atom stereocenters. The van der Waals surface area contributed by atoms with E-state index >= 15 is 0 Å². The number of hydrogen-bond donors (Lipinski definition) is 35. The lowest BCUT2D eigenvalue weighted by Gasteiger charge is -2.30. The minimum atomic E-state index is -2.66. The molecule has 0 fully saturated rings. The summed E-state index contributed by atoms with van der Waals surface area (Å²) < 4.78 is 0. The van der Waals surface area contributed by atoms with E-state index in [0.717, 1.165) is 6.92 Å². The van der Waals surface area contributed by atoms with Gasteiger partial charge >= 0.3 is 47.8 Å². The Balaban J connectivity index is 7.90. The maximum absolute atomic E-state index is 14.8. The highest BCUT2D eigenvalue weighted by molar-refractivity contribution is 6.04. The fourth-order valence-corrected chi connectivity index (χ4v) is 13.6. The topological polar surface area (TPSA) is 1110 Å². The molecule has 0 bridgehead atoms. The van der Waals surface area contributed by atoms with E-state index in [1.165, 1.54) is 41.5 Å². The van der Waals surface area contributed by atoms with Crippen LogP contribution in [-0.2, 0) is 139 Å². The number of aliphatic hydroxyl groups excluding tert-OH is 1. The Morgan fingerprint density at radius 3 is 0.858 bits per heavy atom. The zero-order valence-corrected chi connectivity index (χ0v) is 81.9. The quantitative estimate of drug-likeness (QED) is 0.0116. The molecule has 0 aliphatic rings. The lowest BCUT2D eigenvalue weighted by Crippen LogP contribution is -2.62. The first-order valence-electron chi connectivity index (χ1n) is 46.0. The van der Waals surface area contributed by atoms with Crippen LogP contribution < -0.4 is 136 Å². The summed E-state index contributed by atoms with van der Waals surface area (Å²) in [6.45, 7) is 7.59. The molecule has 148 heavy (non-hydrogen) atoms. The maximum atomic E-state index is 14.8. The van der Waals surface area contributed by atoms with Crippen LogP contribution in [0.15, 0.2) is 0 Å². The number of guanidine groups is 1. The van der Waals surface area contributed by atoms with Gasteiger partial charge in [-0.2, -0.15) is 0 Å². The number of unbranched alkanes of at least 4 members (excludes halogenated alkanes) is 1. The molecule has 830 valence electrons. The van der Waals surface area contributed by atoms with Crippen LogP contribution in [0.2, 0.25) is 0 Å². The standard InChI is InChI=1S/C84H136N26O38/c1-8-35(6)61(77(136)101-41(13-11-23-94-84(92)93)65(124)98-45(17-21-60(119)120)68(127)97-40(12-9-10-22-85)66(125)109-53(32-111)76(135)102-46(62(91)121)29-56(89)114)110-75(134)48(25-34(4)5)105-71(130)49(26-37(78(137)138)79(139)140)107-69(128)44(15-19-55(88)113)100-74(133)52(30-57(90)115)103-63(122)36(7)95-64(123)43(14-18-54(87)112)99-70(129)47(24-33(2)3)104-72(131)51(28-39(82(145)146)83(147)148)108-73(132)50(27-38(80(141)142)81(143)144)106-67(126)42(16-20-59(117)118)96-58(116)31-86/h33-53,61,111H,8-32,85-86H2,1-7H3,(H2,87,112)(H2,88,113)(H2,89,114)(H2,90,115)(H2,91,121)(H,95,123)(H,96,116)(H,97,127)(H,98,124)(H,99,129)(H,100,133)(H,101,136)(H,102,135)(H,103,122)(H,104,131)(H,105,130)(H,106,126)(H,107,128)(H,108,132)(H,109,125)(H,110,134)(H,117,118)(H,119,120)(H,137,138)(H,139,140)(H,141,142)(H,143,144)(H,145,146)(H,147,148)(H4,92,93,94)/t35?,36-,40-,41-,42-,43-,44-,45-,46-,47-,48-,49-,50-,51-,52-,53-,61-/m0/s1. The van der Waals surface area contributed by atoms with Crippen molar-refractivity contribution >= 4 is 178 Å². The van der Waals surface area contributed by atoms with Crippen molar-refractivity contribution in [2.75, 3.05) is 26.2 Å². The number of nitrogens with two attached hydrogens (primary N) is 8. The van der Waals surface area contributed by atoms with Crippen LogP contribution in [0.3, 0.4) is 0 Å². The smallest absolute Gasteiger partial charge is 0.317 e. The van der Waals surface area contributed by atoms with Crippen molar-refractivity contribution in [3.05, 3.63) is 0 Å². The second kappa shape index (κ2) is 66.7. The Hall–Kier alpha value is -16.2. The third kappa shape index (κ3) is 50.8. The summed E-state index contributed by atoms with van der Waals surface area (Å²) in [5.74, 6) is -55.4. The van der Waals surface area contributed by atoms with Crippen LogP contribution in [0.25, 0.3) is 0 Å². The summed E-state index contributed by atoms with van der Waals surface area (Å²) in [5, 5.41) is 134. The molecule has 0 rings (SSSR count). The molecule has 0 heterocycles. The number of aliphatic hydroxyl groups is 1. The molecule has 64 nitrogen and oxygen atoms in total. The van der Waals surface area contributed by atoms with Gasteiger partial charge in [-0.25, -0.2) is 0 Å². The molecule has 0 aromatic rings. The number of primary amides is 5. The van der Waals surface area contributed by atoms with Crippen molar-refractivity contribution in [2.45, 2.75) is 280 Å². The number of hydrogen-bond acceptors (Lipinski definition) is 33. The van der Waals surface area contributed by atoms with E-state index in [2.05, 4.69) is 69.1 Å². The van der Waals surface area contributed by atoms with Crippen molar-refractivity contribution in [1.29, 1.82) is 5.41 Å². The lowest BCUT2D eigenvalue weighted by atomic mass is 9.95. The van der Waals surface area contributed by atoms with Gasteiger partial charge in [0.2, 0.25) is 124 Å². The summed E-state index contributed by atoms with van der Waals surface area (Å²) in [7, 11) is 0. The van der Waals surface area contributed by atoms with Crippen LogP contribution in [0.5, 0.6) is 0 Å². The van der Waals surface area contributed by atoms with E-state index in [0.29, 0.717) is 0 Å². The van der Waals surface area contributed by atoms with Gasteiger partial charge < -0.3 is 182 Å². The average Bonchev–Trinajstić information content (AvgIpc) is 0.839. The van der Waals surface area contributed by atoms with Gasteiger partial charge in [-0.1, -0.05) is 48.0 Å². The average molecular weight is 2120 g/mol. The molecule has 21 amide bonds. The van der Waals surface area contributed by atoms with Crippen LogP contribution in [0, 0.1) is 40.9 Å². The molecule has 1 unspecified atom stereocenters. The van der Waals surface area contributed by atoms with Gasteiger partial charge in [0.05, 0.1) is 26.0 Å². The molecule has 0 aromatic carbocycles. The van der Waals surface area contributed by atoms with Crippen molar-refractivity contribution in [2.24, 2.45) is 81.4 Å². The monoisotopic (exact) mass is 2120 g/mol. The van der Waals surface area contributed by atoms with Gasteiger partial charge in [0, 0.05) is 51.5 Å². The van der Waals surface area contributed by atoms with E-state index < -0.39 is 426 Å². The third-order valence-electron chi connectivity index (χ3n) is 21.8. The number of aliphatic carboxylic acids is 8. The maximum Gasteiger partial charge on any atom is 0.317 e. The summed E-state index contributed by atoms with van der Waals surface area (Å²) in [6, 6.07) is -32.5. The van der Waals surface area contributed by atoms with Crippen molar-refractivity contribution in [1.82, 2.24) is 90.4 Å². The van der Waals surface area contributed by atoms with Gasteiger partial charge in [-0.3, -0.25) is 144 Å². The van der Waals surface area contributed by atoms with E-state index in [4.69, 9.17) is 51.3 Å². The van der Waals surface area contributed by atoms with Crippen molar-refractivity contribution < 1.29 is 185 Å². The Morgan fingerprint density at radius 1 is 0.284 bits per heavy atom. The number of carboxylic acids is 8. The van der Waals surface area contributed by atoms with Crippen LogP contribution >= 0.6 is 0 Å². The number of rotatable bonds is 76. The van der Waals surface area contributed by atoms with E-state index in [9.17, 15) is 185 Å². The largest absolute Gasteiger partial charge is 0.481 e. The minimum absolute atomic E-state index is 0.0137. The van der Waals surface area contributed by atoms with Crippen molar-refractivity contribution in [3.63, 3.8) is 0 Å².